The van der Waals surface area contributed by atoms with E-state index < -0.39 is 42.1 Å². The number of likely N-dealkylation sites (tertiary alicyclic amines) is 1. The summed E-state index contributed by atoms with van der Waals surface area (Å²) in [6.07, 6.45) is 0.508. The summed E-state index contributed by atoms with van der Waals surface area (Å²) in [5.74, 6) is -1.64. The maximum atomic E-state index is 12.6. The van der Waals surface area contributed by atoms with E-state index in [-0.39, 0.29) is 12.3 Å². The lowest BCUT2D eigenvalue weighted by Crippen LogP contribution is -2.44. The van der Waals surface area contributed by atoms with Gasteiger partial charge in [-0.15, -0.1) is 0 Å². The molecule has 0 unspecified atom stereocenters. The maximum absolute atomic E-state index is 12.6. The molecule has 166 valence electrons. The summed E-state index contributed by atoms with van der Waals surface area (Å²) in [6.45, 7) is 10.4. The Kier molecular flexibility index (Phi) is 7.28. The van der Waals surface area contributed by atoms with Gasteiger partial charge in [-0.05, 0) is 59.9 Å². The minimum atomic E-state index is -0.783. The second-order valence-electron chi connectivity index (χ2n) is 8.21. The van der Waals surface area contributed by atoms with Crippen molar-refractivity contribution in [3.8, 4) is 0 Å². The van der Waals surface area contributed by atoms with Gasteiger partial charge in [0.15, 0.2) is 6.61 Å². The Hall–Kier alpha value is -2.84. The van der Waals surface area contributed by atoms with Gasteiger partial charge >= 0.3 is 18.0 Å². The standard InChI is InChI=1S/C21H30N2O7/c1-7-28-19(26)16-12(2)17(22-13(16)3)15(24)11-29-18(25)14-9-8-10-23(14)20(27)30-21(4,5)6/h14,22H,7-11H2,1-6H3/t14-/m0/s1. The third kappa shape index (κ3) is 5.40. The third-order valence-corrected chi connectivity index (χ3v) is 4.69. The number of nitrogens with zero attached hydrogens (tertiary/aromatic N) is 1. The summed E-state index contributed by atoms with van der Waals surface area (Å²) in [7, 11) is 0. The van der Waals surface area contributed by atoms with Gasteiger partial charge in [0.05, 0.1) is 17.9 Å². The van der Waals surface area contributed by atoms with E-state index in [4.69, 9.17) is 14.2 Å². The monoisotopic (exact) mass is 422 g/mol. The number of H-pyrrole nitrogens is 1. The van der Waals surface area contributed by atoms with Gasteiger partial charge in [0.2, 0.25) is 5.78 Å². The number of carbonyl (C=O) groups excluding carboxylic acids is 4. The first-order valence-corrected chi connectivity index (χ1v) is 10.0. The van der Waals surface area contributed by atoms with Gasteiger partial charge in [0.1, 0.15) is 11.6 Å². The number of hydrogen-bond acceptors (Lipinski definition) is 7. The van der Waals surface area contributed by atoms with Gasteiger partial charge < -0.3 is 19.2 Å². The zero-order chi connectivity index (χ0) is 22.6. The summed E-state index contributed by atoms with van der Waals surface area (Å²) in [5, 5.41) is 0. The molecule has 1 N–H and O–H groups in total. The van der Waals surface area contributed by atoms with Crippen LogP contribution in [0, 0.1) is 13.8 Å². The molecular formula is C21H30N2O7. The molecular weight excluding hydrogens is 392 g/mol. The van der Waals surface area contributed by atoms with E-state index in [1.165, 1.54) is 4.90 Å². The van der Waals surface area contributed by atoms with Crippen molar-refractivity contribution >= 4 is 23.8 Å². The third-order valence-electron chi connectivity index (χ3n) is 4.69. The van der Waals surface area contributed by atoms with Gasteiger partial charge in [0, 0.05) is 12.2 Å². The van der Waals surface area contributed by atoms with Crippen LogP contribution in [0.4, 0.5) is 4.79 Å². The number of hydrogen-bond donors (Lipinski definition) is 1. The molecule has 0 aromatic carbocycles. The molecule has 1 aromatic heterocycles. The van der Waals surface area contributed by atoms with E-state index in [1.54, 1.807) is 41.5 Å². The van der Waals surface area contributed by atoms with Crippen molar-refractivity contribution in [3.63, 3.8) is 0 Å². The lowest BCUT2D eigenvalue weighted by Gasteiger charge is -2.27. The Morgan fingerprint density at radius 3 is 2.40 bits per heavy atom. The van der Waals surface area contributed by atoms with Gasteiger partial charge in [-0.2, -0.15) is 0 Å². The molecule has 0 saturated carbocycles. The molecule has 9 nitrogen and oxygen atoms in total. The average molecular weight is 422 g/mol. The SMILES string of the molecule is CCOC(=O)c1c(C)[nH]c(C(=O)COC(=O)[C@@H]2CCCN2C(=O)OC(C)(C)C)c1C. The molecule has 1 amide bonds. The fourth-order valence-corrected chi connectivity index (χ4v) is 3.39. The summed E-state index contributed by atoms with van der Waals surface area (Å²) in [6, 6.07) is -0.783. The molecule has 0 spiro atoms. The van der Waals surface area contributed by atoms with E-state index in [9.17, 15) is 19.2 Å². The number of aromatic amines is 1. The zero-order valence-electron chi connectivity index (χ0n) is 18.4. The van der Waals surface area contributed by atoms with Gasteiger partial charge in [0.25, 0.3) is 0 Å². The Bertz CT molecular complexity index is 835. The molecule has 2 heterocycles. The second-order valence-corrected chi connectivity index (χ2v) is 8.21. The molecule has 1 atom stereocenters. The van der Waals surface area contributed by atoms with Crippen LogP contribution in [0.2, 0.25) is 0 Å². The highest BCUT2D eigenvalue weighted by atomic mass is 16.6. The van der Waals surface area contributed by atoms with Crippen molar-refractivity contribution in [2.45, 2.75) is 66.0 Å². The van der Waals surface area contributed by atoms with Crippen LogP contribution in [-0.2, 0) is 19.0 Å². The smallest absolute Gasteiger partial charge is 0.411 e. The molecule has 30 heavy (non-hydrogen) atoms. The maximum Gasteiger partial charge on any atom is 0.411 e. The molecule has 1 aromatic rings. The van der Waals surface area contributed by atoms with Gasteiger partial charge in [-0.25, -0.2) is 14.4 Å². The highest BCUT2D eigenvalue weighted by Crippen LogP contribution is 2.23. The molecule has 1 aliphatic rings. The van der Waals surface area contributed by atoms with E-state index in [2.05, 4.69) is 4.98 Å². The fourth-order valence-electron chi connectivity index (χ4n) is 3.39. The van der Waals surface area contributed by atoms with Crippen molar-refractivity contribution in [2.24, 2.45) is 0 Å². The number of nitrogens with one attached hydrogen (secondary N) is 1. The predicted molar refractivity (Wildman–Crippen MR) is 107 cm³/mol. The fraction of sp³-hybridized carbons (Fsp3) is 0.619. The van der Waals surface area contributed by atoms with Crippen LogP contribution in [0.5, 0.6) is 0 Å². The minimum absolute atomic E-state index is 0.193. The van der Waals surface area contributed by atoms with Gasteiger partial charge in [-0.3, -0.25) is 9.69 Å². The van der Waals surface area contributed by atoms with Crippen LogP contribution in [0.25, 0.3) is 0 Å². The first-order chi connectivity index (χ1) is 14.0. The summed E-state index contributed by atoms with van der Waals surface area (Å²) < 4.78 is 15.5. The predicted octanol–water partition coefficient (Wildman–Crippen LogP) is 2.93. The van der Waals surface area contributed by atoms with Gasteiger partial charge in [-0.1, -0.05) is 0 Å². The Balaban J connectivity index is 2.02. The Labute approximate surface area is 176 Å². The number of amides is 1. The quantitative estimate of drug-likeness (QED) is 0.426. The number of Topliss-reactive ketones (excluding diaryl/α,β-unsaturated/α-hetero) is 1. The van der Waals surface area contributed by atoms with Crippen LogP contribution >= 0.6 is 0 Å². The lowest BCUT2D eigenvalue weighted by molar-refractivity contribution is -0.147. The first-order valence-electron chi connectivity index (χ1n) is 10.0. The largest absolute Gasteiger partial charge is 0.462 e. The first kappa shape index (κ1) is 23.4. The van der Waals surface area contributed by atoms with Crippen LogP contribution in [0.15, 0.2) is 0 Å². The van der Waals surface area contributed by atoms with E-state index in [1.807, 2.05) is 0 Å². The average Bonchev–Trinajstić information content (AvgIpc) is 3.23. The van der Waals surface area contributed by atoms with Crippen LogP contribution in [0.1, 0.15) is 72.6 Å². The van der Waals surface area contributed by atoms with Crippen molar-refractivity contribution in [2.75, 3.05) is 19.8 Å². The summed E-state index contributed by atoms with van der Waals surface area (Å²) in [4.78, 5) is 53.7. The van der Waals surface area contributed by atoms with Crippen molar-refractivity contribution in [3.05, 3.63) is 22.5 Å². The van der Waals surface area contributed by atoms with Crippen LogP contribution in [-0.4, -0.2) is 65.1 Å². The van der Waals surface area contributed by atoms with E-state index in [0.29, 0.717) is 36.2 Å². The van der Waals surface area contributed by atoms with Crippen molar-refractivity contribution in [1.82, 2.24) is 9.88 Å². The van der Waals surface area contributed by atoms with E-state index >= 15 is 0 Å². The molecule has 0 radical (unpaired) electrons. The van der Waals surface area contributed by atoms with Crippen LogP contribution < -0.4 is 0 Å². The van der Waals surface area contributed by atoms with E-state index in [0.717, 1.165) is 0 Å². The molecule has 2 rings (SSSR count). The number of ketones is 1. The topological polar surface area (TPSA) is 115 Å². The number of rotatable bonds is 6. The summed E-state index contributed by atoms with van der Waals surface area (Å²) in [5.41, 5.74) is 0.775. The minimum Gasteiger partial charge on any atom is -0.462 e. The molecule has 1 saturated heterocycles. The number of aromatic nitrogens is 1. The number of esters is 2. The van der Waals surface area contributed by atoms with Crippen molar-refractivity contribution in [1.29, 1.82) is 0 Å². The second kappa shape index (κ2) is 9.32. The highest BCUT2D eigenvalue weighted by Gasteiger charge is 2.38. The molecule has 1 aliphatic heterocycles. The van der Waals surface area contributed by atoms with Crippen LogP contribution in [0.3, 0.4) is 0 Å². The van der Waals surface area contributed by atoms with Crippen molar-refractivity contribution < 1.29 is 33.4 Å². The molecule has 0 aliphatic carbocycles. The summed E-state index contributed by atoms with van der Waals surface area (Å²) >= 11 is 0. The number of ether oxygens (including phenoxy) is 3. The highest BCUT2D eigenvalue weighted by molar-refractivity contribution is 6.02. The molecule has 9 heteroatoms. The zero-order valence-corrected chi connectivity index (χ0v) is 18.4. The lowest BCUT2D eigenvalue weighted by atomic mass is 10.1. The Morgan fingerprint density at radius 2 is 1.80 bits per heavy atom. The molecule has 1 fully saturated rings. The normalized spacial score (nSPS) is 16.3. The molecule has 0 bridgehead atoms. The Morgan fingerprint density at radius 1 is 1.13 bits per heavy atom. The number of aryl methyl sites for hydroxylation is 1. The number of carbonyl (C=O) groups is 4.